The van der Waals surface area contributed by atoms with Gasteiger partial charge in [-0.25, -0.2) is 4.98 Å². The van der Waals surface area contributed by atoms with Crippen LogP contribution in [0.25, 0.3) is 11.4 Å². The van der Waals surface area contributed by atoms with Crippen molar-refractivity contribution in [3.8, 4) is 17.1 Å². The summed E-state index contributed by atoms with van der Waals surface area (Å²) in [7, 11) is 0. The van der Waals surface area contributed by atoms with Gasteiger partial charge >= 0.3 is 0 Å². The number of rotatable bonds is 9. The fourth-order valence-corrected chi connectivity index (χ4v) is 4.59. The Labute approximate surface area is 194 Å². The summed E-state index contributed by atoms with van der Waals surface area (Å²) in [6.07, 6.45) is 4.27. The zero-order valence-corrected chi connectivity index (χ0v) is 19.5. The Balaban J connectivity index is 1.31. The topological polar surface area (TPSA) is 61.8 Å². The first-order chi connectivity index (χ1) is 15.6. The predicted octanol–water partition coefficient (Wildman–Crippen LogP) is 6.52. The molecule has 4 aromatic rings. The first kappa shape index (κ1) is 22.2. The van der Waals surface area contributed by atoms with Gasteiger partial charge in [0.05, 0.1) is 5.56 Å². The maximum atomic E-state index is 10.3. The molecule has 0 spiro atoms. The van der Waals surface area contributed by atoms with Crippen LogP contribution in [0.3, 0.4) is 0 Å². The van der Waals surface area contributed by atoms with Crippen LogP contribution in [0.15, 0.2) is 71.9 Å². The van der Waals surface area contributed by atoms with E-state index >= 15 is 0 Å². The zero-order valence-electron chi connectivity index (χ0n) is 18.6. The lowest BCUT2D eigenvalue weighted by molar-refractivity contribution is 0.476. The largest absolute Gasteiger partial charge is 0.507 e. The summed E-state index contributed by atoms with van der Waals surface area (Å²) in [5, 5.41) is 18.3. The van der Waals surface area contributed by atoms with Crippen LogP contribution in [0.1, 0.15) is 41.2 Å². The maximum absolute atomic E-state index is 10.3. The van der Waals surface area contributed by atoms with E-state index in [1.807, 2.05) is 13.0 Å². The minimum Gasteiger partial charge on any atom is -0.507 e. The number of benzene rings is 3. The molecule has 0 unspecified atom stereocenters. The monoisotopic (exact) mass is 443 g/mol. The van der Waals surface area contributed by atoms with Gasteiger partial charge in [-0.15, -0.1) is 5.10 Å². The van der Waals surface area contributed by atoms with Crippen LogP contribution < -0.4 is 0 Å². The van der Waals surface area contributed by atoms with Crippen molar-refractivity contribution in [1.82, 2.24) is 15.2 Å². The van der Waals surface area contributed by atoms with Crippen molar-refractivity contribution in [3.05, 3.63) is 94.5 Å². The molecular formula is C27H29N3OS. The molecule has 164 valence electrons. The minimum atomic E-state index is 0.232. The molecule has 32 heavy (non-hydrogen) atoms. The first-order valence-electron chi connectivity index (χ1n) is 11.1. The van der Waals surface area contributed by atoms with E-state index < -0.39 is 0 Å². The van der Waals surface area contributed by atoms with Crippen molar-refractivity contribution >= 4 is 11.8 Å². The van der Waals surface area contributed by atoms with Gasteiger partial charge in [0.25, 0.3) is 0 Å². The average Bonchev–Trinajstić information content (AvgIpc) is 3.28. The number of nitrogens with zero attached hydrogens (tertiary/aromatic N) is 2. The van der Waals surface area contributed by atoms with E-state index in [9.17, 15) is 5.11 Å². The molecular weight excluding hydrogens is 414 g/mol. The van der Waals surface area contributed by atoms with E-state index in [4.69, 9.17) is 0 Å². The van der Waals surface area contributed by atoms with E-state index in [1.54, 1.807) is 17.8 Å². The van der Waals surface area contributed by atoms with E-state index in [0.29, 0.717) is 16.5 Å². The van der Waals surface area contributed by atoms with Crippen LogP contribution >= 0.6 is 11.8 Å². The highest BCUT2D eigenvalue weighted by Crippen LogP contribution is 2.31. The summed E-state index contributed by atoms with van der Waals surface area (Å²) in [5.74, 6) is 1.64. The second-order valence-electron chi connectivity index (χ2n) is 8.06. The van der Waals surface area contributed by atoms with E-state index in [0.717, 1.165) is 37.0 Å². The molecule has 1 aromatic heterocycles. The van der Waals surface area contributed by atoms with Gasteiger partial charge < -0.3 is 5.11 Å². The number of thioether (sulfide) groups is 1. The highest BCUT2D eigenvalue weighted by Gasteiger charge is 2.13. The lowest BCUT2D eigenvalue weighted by atomic mass is 10.0. The van der Waals surface area contributed by atoms with Crippen molar-refractivity contribution in [2.24, 2.45) is 0 Å². The summed E-state index contributed by atoms with van der Waals surface area (Å²) in [4.78, 5) is 4.58. The van der Waals surface area contributed by atoms with Crippen LogP contribution in [0.2, 0.25) is 0 Å². The fourth-order valence-electron chi connectivity index (χ4n) is 3.83. The van der Waals surface area contributed by atoms with Crippen molar-refractivity contribution in [3.63, 3.8) is 0 Å². The van der Waals surface area contributed by atoms with Crippen molar-refractivity contribution in [1.29, 1.82) is 0 Å². The normalized spacial score (nSPS) is 11.1. The Bertz CT molecular complexity index is 1150. The van der Waals surface area contributed by atoms with Gasteiger partial charge in [-0.2, -0.15) is 0 Å². The summed E-state index contributed by atoms with van der Waals surface area (Å²) in [6, 6.07) is 23.3. The molecule has 0 amide bonds. The highest BCUT2D eigenvalue weighted by atomic mass is 32.2. The lowest BCUT2D eigenvalue weighted by Gasteiger charge is -2.07. The van der Waals surface area contributed by atoms with Crippen molar-refractivity contribution < 1.29 is 5.11 Å². The van der Waals surface area contributed by atoms with E-state index in [1.165, 1.54) is 22.3 Å². The molecule has 2 N–H and O–H groups in total. The van der Waals surface area contributed by atoms with Crippen LogP contribution in [0.4, 0.5) is 0 Å². The second kappa shape index (κ2) is 10.5. The van der Waals surface area contributed by atoms with Crippen molar-refractivity contribution in [2.45, 2.75) is 50.4 Å². The van der Waals surface area contributed by atoms with Gasteiger partial charge in [0.1, 0.15) is 5.75 Å². The molecule has 0 saturated heterocycles. The highest BCUT2D eigenvalue weighted by molar-refractivity contribution is 7.98. The van der Waals surface area contributed by atoms with Crippen molar-refractivity contribution in [2.75, 3.05) is 0 Å². The molecule has 0 fully saturated rings. The molecule has 0 saturated carbocycles. The molecule has 0 bridgehead atoms. The third kappa shape index (κ3) is 5.60. The number of aryl methyl sites for hydroxylation is 4. The maximum Gasteiger partial charge on any atom is 0.209 e. The number of H-pyrrole nitrogens is 1. The number of aromatic hydroxyl groups is 1. The molecule has 0 atom stereocenters. The quantitative estimate of drug-likeness (QED) is 0.289. The Morgan fingerprint density at radius 1 is 0.906 bits per heavy atom. The molecule has 0 radical (unpaired) electrons. The third-order valence-electron chi connectivity index (χ3n) is 5.72. The van der Waals surface area contributed by atoms with Gasteiger partial charge in [0, 0.05) is 5.75 Å². The number of nitrogens with one attached hydrogen (secondary N) is 1. The predicted molar refractivity (Wildman–Crippen MR) is 132 cm³/mol. The smallest absolute Gasteiger partial charge is 0.209 e. The van der Waals surface area contributed by atoms with Crippen LogP contribution in [0.5, 0.6) is 5.75 Å². The average molecular weight is 444 g/mol. The fraction of sp³-hybridized carbons (Fsp3) is 0.259. The first-order valence-corrected chi connectivity index (χ1v) is 12.1. The molecule has 3 aromatic carbocycles. The Hall–Kier alpha value is -3.05. The van der Waals surface area contributed by atoms with Gasteiger partial charge in [0.15, 0.2) is 5.82 Å². The minimum absolute atomic E-state index is 0.232. The standard InChI is InChI=1S/C27H29N3OS/c1-3-23-17-24(25(31)16-19(23)2)26-28-27(30-29-26)32-18-22-14-12-21(13-15-22)11-7-10-20-8-5-4-6-9-20/h4-6,8-9,12-17,31H,3,7,10-11,18H2,1-2H3,(H,28,29,30). The summed E-state index contributed by atoms with van der Waals surface area (Å²) >= 11 is 1.59. The van der Waals surface area contributed by atoms with Crippen LogP contribution in [-0.4, -0.2) is 20.3 Å². The molecule has 0 aliphatic rings. The van der Waals surface area contributed by atoms with Gasteiger partial charge in [0.2, 0.25) is 5.16 Å². The Morgan fingerprint density at radius 2 is 1.59 bits per heavy atom. The zero-order chi connectivity index (χ0) is 22.3. The molecule has 5 heteroatoms. The summed E-state index contributed by atoms with van der Waals surface area (Å²) < 4.78 is 0. The number of phenolic OH excluding ortho intramolecular Hbond substituents is 1. The number of phenols is 1. The lowest BCUT2D eigenvalue weighted by Crippen LogP contribution is -1.91. The van der Waals surface area contributed by atoms with Gasteiger partial charge in [-0.3, -0.25) is 5.10 Å². The molecule has 4 nitrogen and oxygen atoms in total. The summed E-state index contributed by atoms with van der Waals surface area (Å²) in [6.45, 7) is 4.12. The van der Waals surface area contributed by atoms with Crippen LogP contribution in [-0.2, 0) is 25.0 Å². The Kier molecular flexibility index (Phi) is 7.28. The molecule has 1 heterocycles. The third-order valence-corrected chi connectivity index (χ3v) is 6.64. The molecule has 4 rings (SSSR count). The SMILES string of the molecule is CCc1cc(-c2nc(SCc3ccc(CCCc4ccccc4)cc3)n[nH]2)c(O)cc1C. The van der Waals surface area contributed by atoms with Gasteiger partial charge in [-0.05, 0) is 72.6 Å². The Morgan fingerprint density at radius 3 is 2.31 bits per heavy atom. The number of hydrogen-bond donors (Lipinski definition) is 2. The van der Waals surface area contributed by atoms with Gasteiger partial charge in [-0.1, -0.05) is 73.3 Å². The van der Waals surface area contributed by atoms with E-state index in [2.05, 4.69) is 76.7 Å². The van der Waals surface area contributed by atoms with Crippen LogP contribution in [0, 0.1) is 6.92 Å². The number of aromatic nitrogens is 3. The molecule has 0 aliphatic carbocycles. The number of hydrogen-bond acceptors (Lipinski definition) is 4. The second-order valence-corrected chi connectivity index (χ2v) is 9.00. The summed E-state index contributed by atoms with van der Waals surface area (Å²) in [5.41, 5.74) is 7.01. The molecule has 0 aliphatic heterocycles. The number of aromatic amines is 1. The van der Waals surface area contributed by atoms with E-state index in [-0.39, 0.29) is 5.75 Å².